The molecule has 0 radical (unpaired) electrons. The van der Waals surface area contributed by atoms with E-state index in [1.165, 1.54) is 4.90 Å². The molecular weight excluding hydrogens is 178 g/mol. The summed E-state index contributed by atoms with van der Waals surface area (Å²) in [4.78, 5) is 24.4. The van der Waals surface area contributed by atoms with E-state index in [-0.39, 0.29) is 24.2 Å². The zero-order valence-corrected chi connectivity index (χ0v) is 9.83. The van der Waals surface area contributed by atoms with E-state index in [1.807, 2.05) is 27.7 Å². The van der Waals surface area contributed by atoms with Gasteiger partial charge in [-0.05, 0) is 5.92 Å². The van der Waals surface area contributed by atoms with Gasteiger partial charge in [0.1, 0.15) is 0 Å². The minimum Gasteiger partial charge on any atom is -0.338 e. The fraction of sp³-hybridized carbons (Fsp3) is 0.818. The second-order valence-corrected chi connectivity index (χ2v) is 4.12. The summed E-state index contributed by atoms with van der Waals surface area (Å²) in [5.41, 5.74) is 0. The Morgan fingerprint density at radius 3 is 2.07 bits per heavy atom. The lowest BCUT2D eigenvalue weighted by Gasteiger charge is -2.22. The van der Waals surface area contributed by atoms with E-state index in [4.69, 9.17) is 0 Å². The first kappa shape index (κ1) is 13.1. The van der Waals surface area contributed by atoms with Gasteiger partial charge in [0, 0.05) is 19.4 Å². The monoisotopic (exact) mass is 199 g/mol. The second-order valence-electron chi connectivity index (χ2n) is 4.12. The SMILES string of the molecule is CCC(=O)CN(C)C(=O)[C@@H](C)C(C)C. The van der Waals surface area contributed by atoms with Gasteiger partial charge in [-0.1, -0.05) is 27.7 Å². The lowest BCUT2D eigenvalue weighted by molar-refractivity contribution is -0.138. The largest absolute Gasteiger partial charge is 0.338 e. The fourth-order valence-electron chi connectivity index (χ4n) is 1.09. The van der Waals surface area contributed by atoms with Crippen LogP contribution >= 0.6 is 0 Å². The van der Waals surface area contributed by atoms with Crippen LogP contribution in [0.5, 0.6) is 0 Å². The first-order valence-corrected chi connectivity index (χ1v) is 5.16. The van der Waals surface area contributed by atoms with Gasteiger partial charge < -0.3 is 4.90 Å². The molecule has 14 heavy (non-hydrogen) atoms. The van der Waals surface area contributed by atoms with Crippen LogP contribution in [0, 0.1) is 11.8 Å². The van der Waals surface area contributed by atoms with Crippen molar-refractivity contribution in [3.8, 4) is 0 Å². The van der Waals surface area contributed by atoms with E-state index in [1.54, 1.807) is 7.05 Å². The average Bonchev–Trinajstić information content (AvgIpc) is 2.14. The van der Waals surface area contributed by atoms with Gasteiger partial charge in [0.2, 0.25) is 5.91 Å². The van der Waals surface area contributed by atoms with Crippen molar-refractivity contribution in [2.45, 2.75) is 34.1 Å². The molecule has 0 unspecified atom stereocenters. The highest BCUT2D eigenvalue weighted by molar-refractivity contribution is 5.86. The second kappa shape index (κ2) is 5.78. The lowest BCUT2D eigenvalue weighted by atomic mass is 9.97. The van der Waals surface area contributed by atoms with Crippen LogP contribution in [0.25, 0.3) is 0 Å². The van der Waals surface area contributed by atoms with Crippen molar-refractivity contribution in [2.24, 2.45) is 11.8 Å². The van der Waals surface area contributed by atoms with Crippen LogP contribution in [0.4, 0.5) is 0 Å². The predicted molar refractivity (Wildman–Crippen MR) is 56.9 cm³/mol. The molecule has 1 amide bonds. The number of likely N-dealkylation sites (N-methyl/N-ethyl adjacent to an activating group) is 1. The first-order chi connectivity index (χ1) is 6.40. The third-order valence-corrected chi connectivity index (χ3v) is 2.57. The smallest absolute Gasteiger partial charge is 0.225 e. The van der Waals surface area contributed by atoms with Crippen molar-refractivity contribution in [1.82, 2.24) is 4.90 Å². The van der Waals surface area contributed by atoms with Crippen LogP contribution < -0.4 is 0 Å². The number of carbonyl (C=O) groups is 2. The molecule has 0 heterocycles. The van der Waals surface area contributed by atoms with Gasteiger partial charge in [-0.25, -0.2) is 0 Å². The summed E-state index contributed by atoms with van der Waals surface area (Å²) < 4.78 is 0. The van der Waals surface area contributed by atoms with E-state index in [2.05, 4.69) is 0 Å². The third-order valence-electron chi connectivity index (χ3n) is 2.57. The topological polar surface area (TPSA) is 37.4 Å². The normalized spacial score (nSPS) is 12.7. The highest BCUT2D eigenvalue weighted by Crippen LogP contribution is 2.12. The van der Waals surface area contributed by atoms with Crippen molar-refractivity contribution in [3.63, 3.8) is 0 Å². The van der Waals surface area contributed by atoms with Crippen molar-refractivity contribution in [2.75, 3.05) is 13.6 Å². The number of Topliss-reactive ketones (excluding diaryl/α,β-unsaturated/α-hetero) is 1. The molecule has 0 N–H and O–H groups in total. The Hall–Kier alpha value is -0.860. The number of hydrogen-bond acceptors (Lipinski definition) is 2. The summed E-state index contributed by atoms with van der Waals surface area (Å²) in [5, 5.41) is 0. The Kier molecular flexibility index (Phi) is 5.43. The number of amides is 1. The van der Waals surface area contributed by atoms with Crippen LogP contribution in [-0.4, -0.2) is 30.2 Å². The van der Waals surface area contributed by atoms with E-state index >= 15 is 0 Å². The number of hydrogen-bond donors (Lipinski definition) is 0. The summed E-state index contributed by atoms with van der Waals surface area (Å²) in [7, 11) is 1.69. The molecular formula is C11H21NO2. The minimum atomic E-state index is -0.00958. The van der Waals surface area contributed by atoms with Gasteiger partial charge in [0.25, 0.3) is 0 Å². The molecule has 0 saturated carbocycles. The van der Waals surface area contributed by atoms with Gasteiger partial charge >= 0.3 is 0 Å². The quantitative estimate of drug-likeness (QED) is 0.676. The first-order valence-electron chi connectivity index (χ1n) is 5.16. The molecule has 0 bridgehead atoms. The van der Waals surface area contributed by atoms with Crippen molar-refractivity contribution in [3.05, 3.63) is 0 Å². The molecule has 0 aliphatic carbocycles. The molecule has 0 aromatic rings. The molecule has 1 atom stereocenters. The van der Waals surface area contributed by atoms with Crippen molar-refractivity contribution < 1.29 is 9.59 Å². The fourth-order valence-corrected chi connectivity index (χ4v) is 1.09. The molecule has 0 aliphatic heterocycles. The lowest BCUT2D eigenvalue weighted by Crippen LogP contribution is -2.37. The van der Waals surface area contributed by atoms with Crippen LogP contribution in [0.1, 0.15) is 34.1 Å². The number of nitrogens with zero attached hydrogens (tertiary/aromatic N) is 1. The van der Waals surface area contributed by atoms with E-state index in [0.717, 1.165) is 0 Å². The summed E-state index contributed by atoms with van der Waals surface area (Å²) in [6.45, 7) is 7.98. The van der Waals surface area contributed by atoms with Crippen LogP contribution in [0.15, 0.2) is 0 Å². The van der Waals surface area contributed by atoms with Crippen molar-refractivity contribution >= 4 is 11.7 Å². The zero-order chi connectivity index (χ0) is 11.3. The molecule has 82 valence electrons. The van der Waals surface area contributed by atoms with Crippen molar-refractivity contribution in [1.29, 1.82) is 0 Å². The predicted octanol–water partition coefficient (Wildman–Crippen LogP) is 1.72. The summed E-state index contributed by atoms with van der Waals surface area (Å²) in [6, 6.07) is 0. The average molecular weight is 199 g/mol. The molecule has 0 rings (SSSR count). The maximum absolute atomic E-state index is 11.7. The molecule has 0 spiro atoms. The van der Waals surface area contributed by atoms with Gasteiger partial charge in [-0.15, -0.1) is 0 Å². The van der Waals surface area contributed by atoms with Gasteiger partial charge in [0.15, 0.2) is 5.78 Å². The van der Waals surface area contributed by atoms with Crippen LogP contribution in [0.2, 0.25) is 0 Å². The summed E-state index contributed by atoms with van der Waals surface area (Å²) in [6.07, 6.45) is 0.494. The van der Waals surface area contributed by atoms with Crippen LogP contribution in [0.3, 0.4) is 0 Å². The van der Waals surface area contributed by atoms with E-state index in [0.29, 0.717) is 12.3 Å². The molecule has 0 saturated heterocycles. The number of rotatable bonds is 5. The summed E-state index contributed by atoms with van der Waals surface area (Å²) in [5.74, 6) is 0.477. The minimum absolute atomic E-state index is 0.00958. The number of ketones is 1. The molecule has 3 heteroatoms. The third kappa shape index (κ3) is 3.90. The van der Waals surface area contributed by atoms with E-state index in [9.17, 15) is 9.59 Å². The molecule has 3 nitrogen and oxygen atoms in total. The Labute approximate surface area is 86.5 Å². The summed E-state index contributed by atoms with van der Waals surface area (Å²) >= 11 is 0. The Morgan fingerprint density at radius 2 is 1.71 bits per heavy atom. The van der Waals surface area contributed by atoms with E-state index < -0.39 is 0 Å². The van der Waals surface area contributed by atoms with Gasteiger partial charge in [0.05, 0.1) is 6.54 Å². The highest BCUT2D eigenvalue weighted by atomic mass is 16.2. The Morgan fingerprint density at radius 1 is 1.21 bits per heavy atom. The number of carbonyl (C=O) groups excluding carboxylic acids is 2. The molecule has 0 aliphatic rings. The maximum Gasteiger partial charge on any atom is 0.225 e. The molecule has 0 aromatic carbocycles. The highest BCUT2D eigenvalue weighted by Gasteiger charge is 2.21. The molecule has 0 fully saturated rings. The maximum atomic E-state index is 11.7. The standard InChI is InChI=1S/C11H21NO2/c1-6-10(13)7-12(5)11(14)9(4)8(2)3/h8-9H,6-7H2,1-5H3/t9-/m0/s1. The van der Waals surface area contributed by atoms with Crippen LogP contribution in [-0.2, 0) is 9.59 Å². The Balaban J connectivity index is 4.18. The van der Waals surface area contributed by atoms with Gasteiger partial charge in [-0.3, -0.25) is 9.59 Å². The Bertz CT molecular complexity index is 211. The van der Waals surface area contributed by atoms with Gasteiger partial charge in [-0.2, -0.15) is 0 Å². The zero-order valence-electron chi connectivity index (χ0n) is 9.83. The molecule has 0 aromatic heterocycles.